The molecular formula is C17H20ClN3. The molecule has 0 fully saturated rings. The molecule has 2 aromatic rings. The smallest absolute Gasteiger partial charge is 0.122 e. The number of nitrogen functional groups attached to an aromatic ring is 1. The Hall–Kier alpha value is -2.00. The van der Waals surface area contributed by atoms with E-state index in [4.69, 9.17) is 22.7 Å². The number of halogens is 1. The number of hydrogen-bond donors (Lipinski definition) is 2. The summed E-state index contributed by atoms with van der Waals surface area (Å²) in [5.74, 6) is 0.0366. The van der Waals surface area contributed by atoms with Crippen LogP contribution in [0.4, 0.5) is 5.69 Å². The first-order chi connectivity index (χ1) is 10.0. The monoisotopic (exact) mass is 301 g/mol. The minimum Gasteiger partial charge on any atom is -0.384 e. The maximum atomic E-state index is 7.45. The summed E-state index contributed by atoms with van der Waals surface area (Å²) in [6.45, 7) is 5.84. The van der Waals surface area contributed by atoms with E-state index in [0.717, 1.165) is 18.7 Å². The number of nitrogens with zero attached hydrogens (tertiary/aromatic N) is 1. The lowest BCUT2D eigenvalue weighted by molar-refractivity contribution is 0.831. The van der Waals surface area contributed by atoms with Gasteiger partial charge in [-0.3, -0.25) is 5.41 Å². The average Bonchev–Trinajstić information content (AvgIpc) is 2.45. The normalized spacial score (nSPS) is 10.4. The number of benzene rings is 2. The fraction of sp³-hybridized carbons (Fsp3) is 0.235. The summed E-state index contributed by atoms with van der Waals surface area (Å²) in [7, 11) is 0. The number of nitrogens with one attached hydrogen (secondary N) is 1. The van der Waals surface area contributed by atoms with Crippen LogP contribution in [-0.4, -0.2) is 12.4 Å². The number of hydrogen-bond acceptors (Lipinski definition) is 2. The van der Waals surface area contributed by atoms with Crippen molar-refractivity contribution >= 4 is 23.1 Å². The molecule has 0 saturated heterocycles. The highest BCUT2D eigenvalue weighted by Crippen LogP contribution is 2.23. The Balaban J connectivity index is 2.25. The van der Waals surface area contributed by atoms with Crippen molar-refractivity contribution in [3.63, 3.8) is 0 Å². The van der Waals surface area contributed by atoms with Crippen molar-refractivity contribution in [3.05, 3.63) is 64.2 Å². The molecule has 110 valence electrons. The van der Waals surface area contributed by atoms with Crippen molar-refractivity contribution < 1.29 is 0 Å². The molecule has 3 N–H and O–H groups in total. The summed E-state index contributed by atoms with van der Waals surface area (Å²) in [5.41, 5.74) is 9.59. The third kappa shape index (κ3) is 3.76. The van der Waals surface area contributed by atoms with Gasteiger partial charge in [0.25, 0.3) is 0 Å². The molecule has 0 aliphatic carbocycles. The third-order valence-corrected chi connectivity index (χ3v) is 3.83. The van der Waals surface area contributed by atoms with Gasteiger partial charge in [0.2, 0.25) is 0 Å². The maximum Gasteiger partial charge on any atom is 0.122 e. The first-order valence-corrected chi connectivity index (χ1v) is 7.33. The summed E-state index contributed by atoms with van der Waals surface area (Å²) in [6.07, 6.45) is 0. The van der Waals surface area contributed by atoms with Gasteiger partial charge in [-0.05, 0) is 43.2 Å². The van der Waals surface area contributed by atoms with Crippen molar-refractivity contribution in [1.82, 2.24) is 0 Å². The number of rotatable bonds is 5. The highest BCUT2D eigenvalue weighted by atomic mass is 35.5. The molecule has 0 aromatic heterocycles. The Morgan fingerprint density at radius 3 is 2.57 bits per heavy atom. The van der Waals surface area contributed by atoms with Crippen LogP contribution in [0.5, 0.6) is 0 Å². The molecule has 2 rings (SSSR count). The van der Waals surface area contributed by atoms with Crippen molar-refractivity contribution in [2.45, 2.75) is 20.4 Å². The molecule has 3 nitrogen and oxygen atoms in total. The van der Waals surface area contributed by atoms with Crippen LogP contribution in [0.25, 0.3) is 0 Å². The van der Waals surface area contributed by atoms with E-state index in [0.29, 0.717) is 10.6 Å². The third-order valence-electron chi connectivity index (χ3n) is 3.47. The molecule has 0 heterocycles. The standard InChI is InChI=1S/C17H20ClN3/c1-3-21(15-6-4-5-12(2)9-15)11-14-8-7-13(17(19)20)10-16(14)18/h4-10H,3,11H2,1-2H3,(H3,19,20). The Labute approximate surface area is 130 Å². The van der Waals surface area contributed by atoms with Gasteiger partial charge in [-0.25, -0.2) is 0 Å². The van der Waals surface area contributed by atoms with Crippen LogP contribution >= 0.6 is 11.6 Å². The van der Waals surface area contributed by atoms with Gasteiger partial charge in [0.05, 0.1) is 0 Å². The lowest BCUT2D eigenvalue weighted by Gasteiger charge is -2.24. The van der Waals surface area contributed by atoms with Crippen LogP contribution in [0.3, 0.4) is 0 Å². The van der Waals surface area contributed by atoms with Gasteiger partial charge >= 0.3 is 0 Å². The summed E-state index contributed by atoms with van der Waals surface area (Å²) in [6, 6.07) is 14.0. The Kier molecular flexibility index (Phi) is 4.86. The fourth-order valence-electron chi connectivity index (χ4n) is 2.26. The number of amidine groups is 1. The maximum absolute atomic E-state index is 7.45. The molecular weight excluding hydrogens is 282 g/mol. The predicted molar refractivity (Wildman–Crippen MR) is 90.4 cm³/mol. The van der Waals surface area contributed by atoms with Crippen LogP contribution in [0.15, 0.2) is 42.5 Å². The Morgan fingerprint density at radius 1 is 1.24 bits per heavy atom. The second kappa shape index (κ2) is 6.64. The zero-order chi connectivity index (χ0) is 15.4. The summed E-state index contributed by atoms with van der Waals surface area (Å²) < 4.78 is 0. The van der Waals surface area contributed by atoms with Gasteiger partial charge in [-0.15, -0.1) is 0 Å². The lowest BCUT2D eigenvalue weighted by Crippen LogP contribution is -2.22. The molecule has 0 aliphatic heterocycles. The van der Waals surface area contributed by atoms with Crippen molar-refractivity contribution in [2.75, 3.05) is 11.4 Å². The summed E-state index contributed by atoms with van der Waals surface area (Å²) in [5, 5.41) is 8.09. The van der Waals surface area contributed by atoms with E-state index in [1.165, 1.54) is 11.3 Å². The first kappa shape index (κ1) is 15.4. The van der Waals surface area contributed by atoms with Gasteiger partial charge in [0.1, 0.15) is 5.84 Å². The van der Waals surface area contributed by atoms with E-state index in [-0.39, 0.29) is 5.84 Å². The quantitative estimate of drug-likeness (QED) is 0.649. The van der Waals surface area contributed by atoms with E-state index in [1.807, 2.05) is 12.1 Å². The second-order valence-electron chi connectivity index (χ2n) is 5.07. The van der Waals surface area contributed by atoms with Crippen LogP contribution in [0.1, 0.15) is 23.6 Å². The van der Waals surface area contributed by atoms with E-state index >= 15 is 0 Å². The minimum atomic E-state index is 0.0366. The minimum absolute atomic E-state index is 0.0366. The van der Waals surface area contributed by atoms with Crippen molar-refractivity contribution in [1.29, 1.82) is 5.41 Å². The predicted octanol–water partition coefficient (Wildman–Crippen LogP) is 3.96. The highest BCUT2D eigenvalue weighted by Gasteiger charge is 2.09. The first-order valence-electron chi connectivity index (χ1n) is 6.95. The molecule has 2 aromatic carbocycles. The zero-order valence-electron chi connectivity index (χ0n) is 12.4. The number of aryl methyl sites for hydroxylation is 1. The van der Waals surface area contributed by atoms with E-state index < -0.39 is 0 Å². The van der Waals surface area contributed by atoms with E-state index in [2.05, 4.69) is 43.0 Å². The molecule has 21 heavy (non-hydrogen) atoms. The molecule has 0 bridgehead atoms. The molecule has 0 saturated carbocycles. The van der Waals surface area contributed by atoms with Crippen LogP contribution in [0.2, 0.25) is 5.02 Å². The zero-order valence-corrected chi connectivity index (χ0v) is 13.1. The average molecular weight is 302 g/mol. The fourth-order valence-corrected chi connectivity index (χ4v) is 2.50. The number of nitrogens with two attached hydrogens (primary N) is 1. The number of anilines is 1. The van der Waals surface area contributed by atoms with Gasteiger partial charge in [0.15, 0.2) is 0 Å². The summed E-state index contributed by atoms with van der Waals surface area (Å²) in [4.78, 5) is 2.27. The Morgan fingerprint density at radius 2 is 2.00 bits per heavy atom. The molecule has 0 amide bonds. The van der Waals surface area contributed by atoms with E-state index in [1.54, 1.807) is 6.07 Å². The molecule has 0 radical (unpaired) electrons. The molecule has 0 spiro atoms. The lowest BCUT2D eigenvalue weighted by atomic mass is 10.1. The van der Waals surface area contributed by atoms with Gasteiger partial charge in [-0.1, -0.05) is 35.9 Å². The summed E-state index contributed by atoms with van der Waals surface area (Å²) >= 11 is 6.31. The largest absolute Gasteiger partial charge is 0.384 e. The molecule has 0 atom stereocenters. The van der Waals surface area contributed by atoms with Gasteiger partial charge < -0.3 is 10.6 Å². The SMILES string of the molecule is CCN(Cc1ccc(C(=N)N)cc1Cl)c1cccc(C)c1. The van der Waals surface area contributed by atoms with Crippen molar-refractivity contribution in [3.8, 4) is 0 Å². The molecule has 0 aliphatic rings. The highest BCUT2D eigenvalue weighted by molar-refractivity contribution is 6.31. The van der Waals surface area contributed by atoms with E-state index in [9.17, 15) is 0 Å². The topological polar surface area (TPSA) is 53.1 Å². The second-order valence-corrected chi connectivity index (χ2v) is 5.48. The van der Waals surface area contributed by atoms with Crippen LogP contribution < -0.4 is 10.6 Å². The van der Waals surface area contributed by atoms with Crippen LogP contribution in [0, 0.1) is 12.3 Å². The molecule has 4 heteroatoms. The van der Waals surface area contributed by atoms with Crippen LogP contribution in [-0.2, 0) is 6.54 Å². The Bertz CT molecular complexity index is 652. The van der Waals surface area contributed by atoms with Gasteiger partial charge in [0, 0.05) is 29.4 Å². The van der Waals surface area contributed by atoms with Gasteiger partial charge in [-0.2, -0.15) is 0 Å². The van der Waals surface area contributed by atoms with Crippen molar-refractivity contribution in [2.24, 2.45) is 5.73 Å². The molecule has 0 unspecified atom stereocenters.